The molecule has 4 fully saturated rings. The molecule has 19 heteroatoms. The fourth-order valence-electron chi connectivity index (χ4n) is 11.2. The van der Waals surface area contributed by atoms with Crippen molar-refractivity contribution in [2.75, 3.05) is 57.1 Å². The lowest BCUT2D eigenvalue weighted by atomic mass is 9.95. The number of rotatable bonds is 16. The molecular weight excluding hydrogens is 980 g/mol. The number of nitrogens with one attached hydrogen (secondary N) is 4. The van der Waals surface area contributed by atoms with Gasteiger partial charge in [0.05, 0.1) is 31.9 Å². The van der Waals surface area contributed by atoms with Gasteiger partial charge >= 0.3 is 0 Å². The van der Waals surface area contributed by atoms with Crippen LogP contribution in [0.2, 0.25) is 0 Å². The number of alkyl halides is 1. The van der Waals surface area contributed by atoms with Crippen LogP contribution >= 0.6 is 0 Å². The zero-order valence-electron chi connectivity index (χ0n) is 42.5. The molecule has 2 aromatic heterocycles. The fourth-order valence-corrected chi connectivity index (χ4v) is 13.0. The number of hydrogen-bond acceptors (Lipinski definition) is 10. The van der Waals surface area contributed by atoms with E-state index >= 15 is 0 Å². The van der Waals surface area contributed by atoms with Crippen LogP contribution < -0.4 is 20.1 Å². The van der Waals surface area contributed by atoms with E-state index in [0.717, 1.165) is 113 Å². The van der Waals surface area contributed by atoms with Crippen LogP contribution in [0.4, 0.5) is 16.3 Å². The number of nitrogens with zero attached hydrogens (tertiary/aromatic N) is 6. The van der Waals surface area contributed by atoms with E-state index in [-0.39, 0.29) is 45.5 Å². The van der Waals surface area contributed by atoms with Gasteiger partial charge in [-0.25, -0.2) is 40.6 Å². The largest absolute Gasteiger partial charge is 0.307 e. The number of aromatic nitrogens is 4. The van der Waals surface area contributed by atoms with Crippen molar-refractivity contribution >= 4 is 65.8 Å². The Kier molecular flexibility index (Phi) is 17.6. The summed E-state index contributed by atoms with van der Waals surface area (Å²) in [5.41, 5.74) is 6.70. The molecule has 4 heterocycles. The number of benzene rings is 4. The van der Waals surface area contributed by atoms with Crippen molar-refractivity contribution < 1.29 is 30.8 Å². The fraction of sp³-hybridized carbons (Fsp3) is 0.491. The molecule has 4 aromatic carbocycles. The van der Waals surface area contributed by atoms with E-state index in [1.165, 1.54) is 99.9 Å². The molecule has 6 aromatic rings. The maximum Gasteiger partial charge on any atom is 0.258 e. The van der Waals surface area contributed by atoms with E-state index in [2.05, 4.69) is 75.4 Å². The molecule has 0 unspecified atom stereocenters. The predicted octanol–water partition coefficient (Wildman–Crippen LogP) is 9.72. The Hall–Kier alpha value is -5.57. The SMILES string of the molecule is CNS(=O)(=O)c1cccc(C(=O)Nc2nc3cc(CN4CCCCC4)ccc3n2C2CCCCC2)c1.O=C(Nc1nc2cc(CN3CCCCC3)ccc2n1C1CCCCC1)c1cccc(S(=O)(=O)NCCF)c1. The number of imidazole rings is 2. The third-order valence-electron chi connectivity index (χ3n) is 15.0. The molecule has 0 spiro atoms. The van der Waals surface area contributed by atoms with Crippen molar-refractivity contribution in [3.05, 3.63) is 107 Å². The average molecular weight is 1050 g/mol. The Morgan fingerprint density at radius 3 is 1.39 bits per heavy atom. The van der Waals surface area contributed by atoms with Gasteiger partial charge in [0.15, 0.2) is 0 Å². The van der Waals surface area contributed by atoms with E-state index < -0.39 is 32.6 Å². The van der Waals surface area contributed by atoms with Crippen molar-refractivity contribution in [1.29, 1.82) is 0 Å². The van der Waals surface area contributed by atoms with Crippen LogP contribution in [0.3, 0.4) is 0 Å². The van der Waals surface area contributed by atoms with Crippen LogP contribution in [0.15, 0.2) is 94.7 Å². The summed E-state index contributed by atoms with van der Waals surface area (Å²) in [7, 11) is -6.20. The molecule has 4 aliphatic rings. The zero-order chi connectivity index (χ0) is 51.7. The molecule has 2 saturated carbocycles. The number of fused-ring (bicyclic) bond motifs is 2. The molecule has 4 N–H and O–H groups in total. The number of carbonyl (C=O) groups is 2. The Balaban J connectivity index is 0.000000182. The second-order valence-corrected chi connectivity index (χ2v) is 23.9. The first kappa shape index (κ1) is 53.3. The Bertz CT molecular complexity index is 3140. The van der Waals surface area contributed by atoms with Crippen molar-refractivity contribution in [1.82, 2.24) is 38.3 Å². The van der Waals surface area contributed by atoms with Crippen LogP contribution in [0.5, 0.6) is 0 Å². The number of hydrogen-bond donors (Lipinski definition) is 4. The van der Waals surface area contributed by atoms with Crippen molar-refractivity contribution in [3.8, 4) is 0 Å². The number of piperidine rings is 2. The first-order chi connectivity index (χ1) is 35.9. The molecule has 0 bridgehead atoms. The molecular formula is C55H71FN10O6S2. The lowest BCUT2D eigenvalue weighted by Gasteiger charge is -2.26. The smallest absolute Gasteiger partial charge is 0.258 e. The van der Waals surface area contributed by atoms with Gasteiger partial charge in [-0.2, -0.15) is 0 Å². The summed E-state index contributed by atoms with van der Waals surface area (Å²) >= 11 is 0. The minimum atomic E-state index is -3.91. The summed E-state index contributed by atoms with van der Waals surface area (Å²) in [5, 5.41) is 5.96. The summed E-state index contributed by atoms with van der Waals surface area (Å²) in [6.45, 7) is 5.20. The van der Waals surface area contributed by atoms with Gasteiger partial charge in [0.2, 0.25) is 31.9 Å². The topological polar surface area (TPSA) is 193 Å². The van der Waals surface area contributed by atoms with Gasteiger partial charge in [-0.3, -0.25) is 30.0 Å². The normalized spacial score (nSPS) is 17.8. The van der Waals surface area contributed by atoms with Gasteiger partial charge in [0.25, 0.3) is 11.8 Å². The van der Waals surface area contributed by atoms with Gasteiger partial charge in [-0.15, -0.1) is 0 Å². The average Bonchev–Trinajstić information content (AvgIpc) is 3.98. The number of carbonyl (C=O) groups excluding carboxylic acids is 2. The van der Waals surface area contributed by atoms with E-state index in [1.54, 1.807) is 18.2 Å². The van der Waals surface area contributed by atoms with Gasteiger partial charge in [-0.1, -0.05) is 75.6 Å². The van der Waals surface area contributed by atoms with Crippen molar-refractivity contribution in [2.45, 2.75) is 138 Å². The minimum absolute atomic E-state index is 0.0563. The van der Waals surface area contributed by atoms with Crippen LogP contribution in [0.25, 0.3) is 22.1 Å². The van der Waals surface area contributed by atoms with Crippen LogP contribution in [0.1, 0.15) is 147 Å². The molecule has 16 nitrogen and oxygen atoms in total. The van der Waals surface area contributed by atoms with Gasteiger partial charge < -0.3 is 9.13 Å². The molecule has 2 amide bonds. The highest BCUT2D eigenvalue weighted by Gasteiger charge is 2.27. The predicted molar refractivity (Wildman–Crippen MR) is 288 cm³/mol. The first-order valence-corrected chi connectivity index (χ1v) is 29.6. The van der Waals surface area contributed by atoms with E-state index in [1.807, 2.05) is 0 Å². The third-order valence-corrected chi connectivity index (χ3v) is 17.9. The lowest BCUT2D eigenvalue weighted by Crippen LogP contribution is -2.29. The number of sulfonamides is 2. The summed E-state index contributed by atoms with van der Waals surface area (Å²) < 4.78 is 70.7. The summed E-state index contributed by atoms with van der Waals surface area (Å²) in [6, 6.07) is 25.3. The lowest BCUT2D eigenvalue weighted by molar-refractivity contribution is 0.101. The molecule has 2 saturated heterocycles. The molecule has 0 atom stereocenters. The van der Waals surface area contributed by atoms with E-state index in [0.29, 0.717) is 11.9 Å². The summed E-state index contributed by atoms with van der Waals surface area (Å²) in [4.78, 5) is 41.2. The molecule has 2 aliphatic heterocycles. The quantitative estimate of drug-likeness (QED) is 0.0726. The molecule has 0 radical (unpaired) electrons. The number of anilines is 2. The first-order valence-electron chi connectivity index (χ1n) is 26.7. The van der Waals surface area contributed by atoms with E-state index in [9.17, 15) is 30.8 Å². The summed E-state index contributed by atoms with van der Waals surface area (Å²) in [6.07, 6.45) is 18.8. The highest BCUT2D eigenvalue weighted by molar-refractivity contribution is 7.89. The van der Waals surface area contributed by atoms with Gasteiger partial charge in [-0.05, 0) is 156 Å². The highest BCUT2D eigenvalue weighted by Crippen LogP contribution is 2.37. The molecule has 2 aliphatic carbocycles. The molecule has 396 valence electrons. The maximum atomic E-state index is 13.3. The van der Waals surface area contributed by atoms with Gasteiger partial charge in [0, 0.05) is 42.8 Å². The van der Waals surface area contributed by atoms with Gasteiger partial charge in [0.1, 0.15) is 6.67 Å². The van der Waals surface area contributed by atoms with Crippen molar-refractivity contribution in [3.63, 3.8) is 0 Å². The van der Waals surface area contributed by atoms with E-state index in [4.69, 9.17) is 9.97 Å². The van der Waals surface area contributed by atoms with Crippen LogP contribution in [-0.2, 0) is 33.1 Å². The maximum absolute atomic E-state index is 13.3. The Morgan fingerprint density at radius 1 is 0.554 bits per heavy atom. The standard InChI is InChI=1S/C28H36FN5O3S.C27H35N5O3S/c29-14-15-30-38(36,37)24-11-7-8-22(19-24)27(35)32-28-31-25-18-21(20-33-16-5-2-6-17-33)12-13-26(25)34(28)23-9-3-1-4-10-23;1-28-36(34,35)23-12-8-9-21(18-23)26(33)30-27-29-24-17-20(19-31-15-6-3-7-16-31)13-14-25(24)32(27)22-10-4-2-5-11-22/h7-8,11-13,18-19,23,30H,1-6,9-10,14-17,20H2,(H,31,32,35);8-9,12-14,17-18,22,28H,2-7,10-11,15-16,19H2,1H3,(H,29,30,33). The second-order valence-electron chi connectivity index (χ2n) is 20.3. The number of amides is 2. The zero-order valence-corrected chi connectivity index (χ0v) is 44.2. The van der Waals surface area contributed by atoms with Crippen molar-refractivity contribution in [2.24, 2.45) is 0 Å². The Morgan fingerprint density at radius 2 is 0.973 bits per heavy atom. The Labute approximate surface area is 435 Å². The number of likely N-dealkylation sites (tertiary alicyclic amines) is 2. The monoisotopic (exact) mass is 1050 g/mol. The van der Waals surface area contributed by atoms with Crippen LogP contribution in [0, 0.1) is 0 Å². The minimum Gasteiger partial charge on any atom is -0.307 e. The summed E-state index contributed by atoms with van der Waals surface area (Å²) in [5.74, 6) is 0.201. The number of halogens is 1. The third kappa shape index (κ3) is 12.9. The van der Waals surface area contributed by atoms with Crippen LogP contribution in [-0.4, -0.2) is 104 Å². The molecule has 74 heavy (non-hydrogen) atoms. The molecule has 10 rings (SSSR count). The second kappa shape index (κ2) is 24.4. The highest BCUT2D eigenvalue weighted by atomic mass is 32.2.